The van der Waals surface area contributed by atoms with Gasteiger partial charge in [-0.1, -0.05) is 11.6 Å². The van der Waals surface area contributed by atoms with Crippen molar-refractivity contribution < 1.29 is 0 Å². The van der Waals surface area contributed by atoms with Crippen LogP contribution in [-0.4, -0.2) is 23.3 Å². The molecule has 0 radical (unpaired) electrons. The lowest BCUT2D eigenvalue weighted by molar-refractivity contribution is 0.720. The van der Waals surface area contributed by atoms with Crippen LogP contribution in [0.3, 0.4) is 0 Å². The molecule has 0 aliphatic heterocycles. The summed E-state index contributed by atoms with van der Waals surface area (Å²) in [4.78, 5) is 2.31. The van der Waals surface area contributed by atoms with E-state index in [1.165, 1.54) is 12.8 Å². The second-order valence-electron chi connectivity index (χ2n) is 4.55. The Kier molecular flexibility index (Phi) is 3.33. The van der Waals surface area contributed by atoms with Gasteiger partial charge >= 0.3 is 0 Å². The number of nitrogens with zero attached hydrogens (tertiary/aromatic N) is 3. The molecule has 1 saturated carbocycles. The molecule has 1 aliphatic rings. The van der Waals surface area contributed by atoms with Crippen LogP contribution in [0.15, 0.2) is 0 Å². The maximum atomic E-state index is 5.96. The molecular formula is C12H18ClN3. The van der Waals surface area contributed by atoms with Crippen LogP contribution in [0.2, 0.25) is 5.15 Å². The molecule has 0 bridgehead atoms. The SMILES string of the molecule is CCN(CC1CC1)c1nnc(Cl)c(C)c1C. The van der Waals surface area contributed by atoms with Crippen molar-refractivity contribution in [3.63, 3.8) is 0 Å². The van der Waals surface area contributed by atoms with E-state index in [4.69, 9.17) is 11.6 Å². The Balaban J connectivity index is 2.26. The normalized spacial score (nSPS) is 15.2. The quantitative estimate of drug-likeness (QED) is 0.809. The summed E-state index contributed by atoms with van der Waals surface area (Å²) in [5.41, 5.74) is 2.20. The van der Waals surface area contributed by atoms with Gasteiger partial charge in [0.2, 0.25) is 0 Å². The van der Waals surface area contributed by atoms with Gasteiger partial charge in [0.15, 0.2) is 11.0 Å². The Morgan fingerprint density at radius 2 is 1.94 bits per heavy atom. The summed E-state index contributed by atoms with van der Waals surface area (Å²) in [6.45, 7) is 8.31. The molecule has 0 unspecified atom stereocenters. The van der Waals surface area contributed by atoms with E-state index in [2.05, 4.69) is 28.9 Å². The maximum absolute atomic E-state index is 5.96. The second-order valence-corrected chi connectivity index (χ2v) is 4.90. The van der Waals surface area contributed by atoms with Gasteiger partial charge in [0.1, 0.15) is 0 Å². The van der Waals surface area contributed by atoms with E-state index in [1.807, 2.05) is 6.92 Å². The molecule has 1 fully saturated rings. The van der Waals surface area contributed by atoms with Crippen LogP contribution < -0.4 is 4.90 Å². The van der Waals surface area contributed by atoms with E-state index < -0.39 is 0 Å². The van der Waals surface area contributed by atoms with Crippen molar-refractivity contribution >= 4 is 17.4 Å². The van der Waals surface area contributed by atoms with E-state index in [9.17, 15) is 0 Å². The van der Waals surface area contributed by atoms with Crippen LogP contribution in [0.1, 0.15) is 30.9 Å². The van der Waals surface area contributed by atoms with Gasteiger partial charge in [-0.15, -0.1) is 10.2 Å². The lowest BCUT2D eigenvalue weighted by Gasteiger charge is -2.23. The number of hydrogen-bond donors (Lipinski definition) is 0. The third-order valence-electron chi connectivity index (χ3n) is 3.30. The number of anilines is 1. The highest BCUT2D eigenvalue weighted by molar-refractivity contribution is 6.30. The Hall–Kier alpha value is -0.830. The monoisotopic (exact) mass is 239 g/mol. The molecule has 0 amide bonds. The van der Waals surface area contributed by atoms with E-state index in [0.717, 1.165) is 36.0 Å². The molecule has 0 atom stereocenters. The second kappa shape index (κ2) is 4.58. The van der Waals surface area contributed by atoms with Crippen LogP contribution in [-0.2, 0) is 0 Å². The molecule has 88 valence electrons. The van der Waals surface area contributed by atoms with Crippen molar-refractivity contribution in [2.45, 2.75) is 33.6 Å². The van der Waals surface area contributed by atoms with Crippen molar-refractivity contribution in [2.75, 3.05) is 18.0 Å². The summed E-state index contributed by atoms with van der Waals surface area (Å²) in [6.07, 6.45) is 2.71. The molecule has 0 N–H and O–H groups in total. The third kappa shape index (κ3) is 2.29. The standard InChI is InChI=1S/C12H18ClN3/c1-4-16(7-10-5-6-10)12-9(3)8(2)11(13)14-15-12/h10H,4-7H2,1-3H3. The minimum Gasteiger partial charge on any atom is -0.355 e. The first-order valence-corrected chi connectivity index (χ1v) is 6.25. The Bertz CT molecular complexity index is 388. The zero-order valence-electron chi connectivity index (χ0n) is 10.1. The summed E-state index contributed by atoms with van der Waals surface area (Å²) in [6, 6.07) is 0. The van der Waals surface area contributed by atoms with Crippen LogP contribution in [0, 0.1) is 19.8 Å². The highest BCUT2D eigenvalue weighted by atomic mass is 35.5. The van der Waals surface area contributed by atoms with E-state index in [-0.39, 0.29) is 0 Å². The van der Waals surface area contributed by atoms with Crippen LogP contribution in [0.4, 0.5) is 5.82 Å². The molecular weight excluding hydrogens is 222 g/mol. The van der Waals surface area contributed by atoms with Gasteiger partial charge in [-0.2, -0.15) is 0 Å². The first-order valence-electron chi connectivity index (χ1n) is 5.87. The fraction of sp³-hybridized carbons (Fsp3) is 0.667. The average Bonchev–Trinajstić information content (AvgIpc) is 3.07. The van der Waals surface area contributed by atoms with Crippen LogP contribution in [0.25, 0.3) is 0 Å². The third-order valence-corrected chi connectivity index (χ3v) is 3.66. The van der Waals surface area contributed by atoms with E-state index in [1.54, 1.807) is 0 Å². The number of halogens is 1. The van der Waals surface area contributed by atoms with Crippen molar-refractivity contribution in [1.29, 1.82) is 0 Å². The van der Waals surface area contributed by atoms with Gasteiger partial charge in [-0.25, -0.2) is 0 Å². The number of aromatic nitrogens is 2. The van der Waals surface area contributed by atoms with Crippen LogP contribution >= 0.6 is 11.6 Å². The van der Waals surface area contributed by atoms with Gasteiger partial charge in [0, 0.05) is 13.1 Å². The molecule has 0 aromatic carbocycles. The first-order chi connectivity index (χ1) is 7.63. The summed E-state index contributed by atoms with van der Waals surface area (Å²) in [5.74, 6) is 1.86. The van der Waals surface area contributed by atoms with Gasteiger partial charge in [0.25, 0.3) is 0 Å². The fourth-order valence-corrected chi connectivity index (χ4v) is 2.02. The first kappa shape index (κ1) is 11.6. The fourth-order valence-electron chi connectivity index (χ4n) is 1.84. The zero-order valence-corrected chi connectivity index (χ0v) is 10.9. The molecule has 16 heavy (non-hydrogen) atoms. The van der Waals surface area contributed by atoms with E-state index in [0.29, 0.717) is 5.15 Å². The lowest BCUT2D eigenvalue weighted by Crippen LogP contribution is -2.27. The van der Waals surface area contributed by atoms with Crippen molar-refractivity contribution in [2.24, 2.45) is 5.92 Å². The van der Waals surface area contributed by atoms with Crippen molar-refractivity contribution in [3.8, 4) is 0 Å². The number of hydrogen-bond acceptors (Lipinski definition) is 3. The molecule has 0 saturated heterocycles. The Morgan fingerprint density at radius 1 is 1.25 bits per heavy atom. The van der Waals surface area contributed by atoms with Gasteiger partial charge < -0.3 is 4.90 Å². The number of rotatable bonds is 4. The highest BCUT2D eigenvalue weighted by Crippen LogP contribution is 2.32. The molecule has 1 aromatic rings. The topological polar surface area (TPSA) is 29.0 Å². The van der Waals surface area contributed by atoms with Crippen LogP contribution in [0.5, 0.6) is 0 Å². The minimum atomic E-state index is 0.517. The van der Waals surface area contributed by atoms with Gasteiger partial charge in [0.05, 0.1) is 0 Å². The largest absolute Gasteiger partial charge is 0.355 e. The predicted molar refractivity (Wildman–Crippen MR) is 67.1 cm³/mol. The molecule has 1 aromatic heterocycles. The van der Waals surface area contributed by atoms with E-state index >= 15 is 0 Å². The lowest BCUT2D eigenvalue weighted by atomic mass is 10.2. The Labute approximate surface area is 102 Å². The predicted octanol–water partition coefficient (Wildman–Crippen LogP) is 2.98. The van der Waals surface area contributed by atoms with Crippen molar-refractivity contribution in [3.05, 3.63) is 16.3 Å². The average molecular weight is 240 g/mol. The minimum absolute atomic E-state index is 0.517. The molecule has 1 heterocycles. The van der Waals surface area contributed by atoms with Gasteiger partial charge in [-0.3, -0.25) is 0 Å². The molecule has 1 aliphatic carbocycles. The summed E-state index contributed by atoms with van der Waals surface area (Å²) in [7, 11) is 0. The molecule has 3 nitrogen and oxygen atoms in total. The summed E-state index contributed by atoms with van der Waals surface area (Å²) < 4.78 is 0. The maximum Gasteiger partial charge on any atom is 0.155 e. The molecule has 4 heteroatoms. The Morgan fingerprint density at radius 3 is 2.50 bits per heavy atom. The smallest absolute Gasteiger partial charge is 0.155 e. The zero-order chi connectivity index (χ0) is 11.7. The van der Waals surface area contributed by atoms with Crippen molar-refractivity contribution in [1.82, 2.24) is 10.2 Å². The summed E-state index contributed by atoms with van der Waals surface area (Å²) >= 11 is 5.96. The highest BCUT2D eigenvalue weighted by Gasteiger charge is 2.25. The van der Waals surface area contributed by atoms with Gasteiger partial charge in [-0.05, 0) is 50.7 Å². The summed E-state index contributed by atoms with van der Waals surface area (Å²) in [5, 5.41) is 8.76. The molecule has 2 rings (SSSR count). The molecule has 0 spiro atoms.